The highest BCUT2D eigenvalue weighted by molar-refractivity contribution is 6.53. The Morgan fingerprint density at radius 2 is 1.40 bits per heavy atom. The Morgan fingerprint density at radius 1 is 0.787 bits per heavy atom. The van der Waals surface area contributed by atoms with Crippen molar-refractivity contribution in [3.63, 3.8) is 0 Å². The molecule has 1 saturated carbocycles. The molecule has 0 aromatic heterocycles. The number of nitrogens with one attached hydrogen (secondary N) is 1. The van der Waals surface area contributed by atoms with Crippen molar-refractivity contribution in [1.82, 2.24) is 0 Å². The van der Waals surface area contributed by atoms with Gasteiger partial charge in [0.2, 0.25) is 11.7 Å². The number of benzene rings is 3. The normalized spacial score (nSPS) is 17.7. The van der Waals surface area contributed by atoms with Crippen molar-refractivity contribution >= 4 is 69.6 Å². The molecule has 1 fully saturated rings. The Bertz CT molecular complexity index is 1780. The Hall–Kier alpha value is -3.07. The van der Waals surface area contributed by atoms with E-state index in [9.17, 15) is 53.9 Å². The number of Topliss-reactive ketones (excluding diaryl/α,β-unsaturated/α-hetero) is 2. The molecule has 0 radical (unpaired) electrons. The van der Waals surface area contributed by atoms with Crippen LogP contribution in [0.15, 0.2) is 48.5 Å². The molecule has 4 rings (SSSR count). The lowest BCUT2D eigenvalue weighted by Crippen LogP contribution is -2.56. The molecule has 1 N–H and O–H groups in total. The van der Waals surface area contributed by atoms with Gasteiger partial charge < -0.3 is 5.32 Å². The number of hydrogen-bond acceptors (Lipinski definition) is 3. The van der Waals surface area contributed by atoms with E-state index in [0.29, 0.717) is 17.7 Å². The standard InChI is InChI=1S/C29H15Cl4F10NO3/c30-16-4-3-13(44-25(47)23-22(26(23,32)33)11-1-6-19(35)17(31)7-11)9-14(16)20(45)8-12-2-5-18(34)15(24(12)36)10-21(46)27(37,38)28(39,40)29(41,42)43/h1-7,9,22-23H,8,10H2,(H,44,47)/t22-,23+/m0/s1. The van der Waals surface area contributed by atoms with Crippen LogP contribution in [0.1, 0.15) is 33.0 Å². The van der Waals surface area contributed by atoms with E-state index in [1.807, 2.05) is 0 Å². The van der Waals surface area contributed by atoms with Crippen molar-refractivity contribution < 1.29 is 58.3 Å². The molecule has 1 aliphatic carbocycles. The van der Waals surface area contributed by atoms with Crippen LogP contribution in [0, 0.1) is 23.4 Å². The Balaban J connectivity index is 1.52. The Kier molecular flexibility index (Phi) is 9.97. The Labute approximate surface area is 277 Å². The Morgan fingerprint density at radius 3 is 2.00 bits per heavy atom. The van der Waals surface area contributed by atoms with E-state index in [1.54, 1.807) is 0 Å². The molecular weight excluding hydrogens is 742 g/mol. The summed E-state index contributed by atoms with van der Waals surface area (Å²) in [5, 5.41) is 1.98. The first-order chi connectivity index (χ1) is 21.5. The van der Waals surface area contributed by atoms with Crippen molar-refractivity contribution in [3.8, 4) is 0 Å². The number of carbonyl (C=O) groups is 3. The molecule has 0 aliphatic heterocycles. The minimum Gasteiger partial charge on any atom is -0.326 e. The van der Waals surface area contributed by atoms with Gasteiger partial charge >= 0.3 is 18.0 Å². The van der Waals surface area contributed by atoms with Crippen LogP contribution in [0.3, 0.4) is 0 Å². The van der Waals surface area contributed by atoms with E-state index in [-0.39, 0.29) is 21.3 Å². The summed E-state index contributed by atoms with van der Waals surface area (Å²) in [6, 6.07) is 8.11. The zero-order valence-corrected chi connectivity index (χ0v) is 25.7. The fourth-order valence-corrected chi connectivity index (χ4v) is 5.89. The molecule has 252 valence electrons. The quantitative estimate of drug-likeness (QED) is 0.128. The molecule has 1 amide bonds. The molecule has 0 saturated heterocycles. The van der Waals surface area contributed by atoms with E-state index in [0.717, 1.165) is 18.2 Å². The van der Waals surface area contributed by atoms with Gasteiger partial charge in [0.25, 0.3) is 0 Å². The SMILES string of the molecule is O=C(Cc1ccc(F)c(CC(=O)C(F)(F)C(F)(F)C(F)(F)F)c1F)c1cc(NC(=O)[C@H]2[C@H](c3ccc(F)c(Cl)c3)C2(Cl)Cl)ccc1Cl. The average molecular weight is 757 g/mol. The van der Waals surface area contributed by atoms with Crippen LogP contribution >= 0.6 is 46.4 Å². The van der Waals surface area contributed by atoms with E-state index >= 15 is 4.39 Å². The van der Waals surface area contributed by atoms with Crippen molar-refractivity contribution in [2.75, 3.05) is 5.32 Å². The molecule has 0 spiro atoms. The molecule has 0 heterocycles. The van der Waals surface area contributed by atoms with Crippen molar-refractivity contribution in [3.05, 3.63) is 98.3 Å². The fraction of sp³-hybridized carbons (Fsp3) is 0.276. The summed E-state index contributed by atoms with van der Waals surface area (Å²) in [5.41, 5.74) is -2.40. The monoisotopic (exact) mass is 755 g/mol. The number of halogens is 14. The number of alkyl halides is 9. The number of anilines is 1. The third-order valence-electron chi connectivity index (χ3n) is 7.23. The topological polar surface area (TPSA) is 63.2 Å². The van der Waals surface area contributed by atoms with E-state index in [1.165, 1.54) is 18.2 Å². The minimum absolute atomic E-state index is 0.0478. The highest BCUT2D eigenvalue weighted by Crippen LogP contribution is 2.65. The smallest absolute Gasteiger partial charge is 0.326 e. The van der Waals surface area contributed by atoms with Gasteiger partial charge in [-0.05, 0) is 47.5 Å². The maximum atomic E-state index is 15.1. The first-order valence-corrected chi connectivity index (χ1v) is 14.3. The second kappa shape index (κ2) is 12.8. The zero-order chi connectivity index (χ0) is 35.4. The number of amides is 1. The van der Waals surface area contributed by atoms with Crippen LogP contribution in [0.5, 0.6) is 0 Å². The third kappa shape index (κ3) is 6.92. The van der Waals surface area contributed by atoms with Crippen molar-refractivity contribution in [2.24, 2.45) is 5.92 Å². The average Bonchev–Trinajstić information content (AvgIpc) is 3.55. The summed E-state index contributed by atoms with van der Waals surface area (Å²) in [6.45, 7) is 0. The van der Waals surface area contributed by atoms with Gasteiger partial charge in [0.15, 0.2) is 5.78 Å². The predicted molar refractivity (Wildman–Crippen MR) is 151 cm³/mol. The van der Waals surface area contributed by atoms with Crippen LogP contribution in [-0.4, -0.2) is 39.8 Å². The molecule has 4 nitrogen and oxygen atoms in total. The molecule has 0 unspecified atom stereocenters. The second-order valence-corrected chi connectivity index (χ2v) is 12.6. The molecule has 47 heavy (non-hydrogen) atoms. The second-order valence-electron chi connectivity index (χ2n) is 10.3. The van der Waals surface area contributed by atoms with Gasteiger partial charge in [-0.25, -0.2) is 13.2 Å². The first-order valence-electron chi connectivity index (χ1n) is 12.8. The van der Waals surface area contributed by atoms with E-state index < -0.39 is 93.1 Å². The predicted octanol–water partition coefficient (Wildman–Crippen LogP) is 9.31. The third-order valence-corrected chi connectivity index (χ3v) is 8.79. The summed E-state index contributed by atoms with van der Waals surface area (Å²) in [6.07, 6.45) is -10.1. The highest BCUT2D eigenvalue weighted by atomic mass is 35.5. The van der Waals surface area contributed by atoms with Crippen molar-refractivity contribution in [2.45, 2.75) is 41.1 Å². The number of carbonyl (C=O) groups excluding carboxylic acids is 3. The number of hydrogen-bond donors (Lipinski definition) is 1. The molecule has 0 bridgehead atoms. The van der Waals surface area contributed by atoms with E-state index in [4.69, 9.17) is 46.4 Å². The zero-order valence-electron chi connectivity index (χ0n) is 22.7. The largest absolute Gasteiger partial charge is 0.460 e. The van der Waals surface area contributed by atoms with Gasteiger partial charge in [-0.1, -0.05) is 35.3 Å². The molecule has 1 aliphatic rings. The molecular formula is C29H15Cl4F10NO3. The van der Waals surface area contributed by atoms with Gasteiger partial charge in [-0.3, -0.25) is 14.4 Å². The molecule has 18 heteroatoms. The molecule has 2 atom stereocenters. The lowest BCUT2D eigenvalue weighted by Gasteiger charge is -2.27. The summed E-state index contributed by atoms with van der Waals surface area (Å²) in [4.78, 5) is 37.8. The minimum atomic E-state index is -6.86. The lowest BCUT2D eigenvalue weighted by atomic mass is 9.95. The summed E-state index contributed by atoms with van der Waals surface area (Å²) < 4.78 is 133. The van der Waals surface area contributed by atoms with Gasteiger partial charge in [-0.15, -0.1) is 23.2 Å². The maximum absolute atomic E-state index is 15.1. The van der Waals surface area contributed by atoms with Crippen molar-refractivity contribution in [1.29, 1.82) is 0 Å². The molecule has 3 aromatic rings. The highest BCUT2D eigenvalue weighted by Gasteiger charge is 2.75. The van der Waals surface area contributed by atoms with Crippen LogP contribution in [0.25, 0.3) is 0 Å². The van der Waals surface area contributed by atoms with Gasteiger partial charge in [0, 0.05) is 35.6 Å². The number of rotatable bonds is 10. The van der Waals surface area contributed by atoms with Crippen LogP contribution < -0.4 is 5.32 Å². The summed E-state index contributed by atoms with van der Waals surface area (Å²) in [7, 11) is 0. The number of ketones is 2. The van der Waals surface area contributed by atoms with Gasteiger partial charge in [0.1, 0.15) is 21.8 Å². The van der Waals surface area contributed by atoms with Crippen LogP contribution in [0.4, 0.5) is 49.6 Å². The molecule has 3 aromatic carbocycles. The van der Waals surface area contributed by atoms with Crippen LogP contribution in [-0.2, 0) is 22.4 Å². The first kappa shape index (κ1) is 36.8. The van der Waals surface area contributed by atoms with Gasteiger partial charge in [0.05, 0.1) is 16.0 Å². The fourth-order valence-electron chi connectivity index (χ4n) is 4.65. The summed E-state index contributed by atoms with van der Waals surface area (Å²) >= 11 is 24.4. The summed E-state index contributed by atoms with van der Waals surface area (Å²) in [5.74, 6) is -24.3. The van der Waals surface area contributed by atoms with Gasteiger partial charge in [-0.2, -0.15) is 30.7 Å². The lowest BCUT2D eigenvalue weighted by molar-refractivity contribution is -0.343. The maximum Gasteiger partial charge on any atom is 0.460 e. The van der Waals surface area contributed by atoms with Crippen LogP contribution in [0.2, 0.25) is 10.0 Å². The van der Waals surface area contributed by atoms with E-state index in [2.05, 4.69) is 5.32 Å².